The maximum atomic E-state index is 15.3. The molecule has 2 aromatic rings. The van der Waals surface area contributed by atoms with Gasteiger partial charge in [0.05, 0.1) is 11.7 Å². The molecule has 27 heavy (non-hydrogen) atoms. The van der Waals surface area contributed by atoms with Crippen LogP contribution >= 0.6 is 11.8 Å². The smallest absolute Gasteiger partial charge is 0.160 e. The first-order chi connectivity index (χ1) is 13.2. The minimum Gasteiger partial charge on any atom is -0.371 e. The van der Waals surface area contributed by atoms with E-state index in [0.717, 1.165) is 41.7 Å². The number of aromatic nitrogens is 1. The van der Waals surface area contributed by atoms with Crippen LogP contribution in [0.3, 0.4) is 0 Å². The molecule has 3 atom stereocenters. The molecule has 0 unspecified atom stereocenters. The Kier molecular flexibility index (Phi) is 4.31. The number of hydrogen-bond acceptors (Lipinski definition) is 5. The van der Waals surface area contributed by atoms with E-state index >= 15 is 4.39 Å². The molecule has 6 heteroatoms. The van der Waals surface area contributed by atoms with Gasteiger partial charge in [-0.15, -0.1) is 0 Å². The zero-order valence-electron chi connectivity index (χ0n) is 15.4. The van der Waals surface area contributed by atoms with Gasteiger partial charge in [0.25, 0.3) is 0 Å². The minimum atomic E-state index is -0.159. The van der Waals surface area contributed by atoms with Crippen LogP contribution in [0.2, 0.25) is 0 Å². The second-order valence-corrected chi connectivity index (χ2v) is 8.94. The van der Waals surface area contributed by atoms with Crippen LogP contribution in [-0.4, -0.2) is 39.9 Å². The number of fused-ring (bicyclic) bond motifs is 1. The Hall–Kier alpha value is -2.08. The van der Waals surface area contributed by atoms with Crippen LogP contribution in [0.4, 0.5) is 10.1 Å². The standard InChI is InChI=1S/C21H23FN4S/c1-14-13-26-20(19(24-21(26)27-14)18-6-2-3-9-23-18)16-8-7-15(12-17(16)22)25-10-4-5-11-25/h2-3,6-9,12,14,19-20H,4-5,10-11,13H2,1H3/t14-,19-,20-/m1/s1. The topological polar surface area (TPSA) is 31.7 Å². The summed E-state index contributed by atoms with van der Waals surface area (Å²) in [6.07, 6.45) is 4.17. The number of halogens is 1. The van der Waals surface area contributed by atoms with Gasteiger partial charge in [0.1, 0.15) is 11.9 Å². The summed E-state index contributed by atoms with van der Waals surface area (Å²) in [5.41, 5.74) is 2.62. The molecule has 1 aromatic heterocycles. The maximum absolute atomic E-state index is 15.3. The van der Waals surface area contributed by atoms with E-state index in [9.17, 15) is 0 Å². The van der Waals surface area contributed by atoms with E-state index in [1.54, 1.807) is 24.0 Å². The Balaban J connectivity index is 1.53. The zero-order valence-corrected chi connectivity index (χ0v) is 16.2. The number of nitrogens with zero attached hydrogens (tertiary/aromatic N) is 4. The molecule has 140 valence electrons. The number of thioether (sulfide) groups is 1. The summed E-state index contributed by atoms with van der Waals surface area (Å²) in [4.78, 5) is 14.0. The van der Waals surface area contributed by atoms with E-state index in [0.29, 0.717) is 5.25 Å². The highest BCUT2D eigenvalue weighted by Crippen LogP contribution is 2.48. The van der Waals surface area contributed by atoms with Crippen molar-refractivity contribution >= 4 is 22.6 Å². The van der Waals surface area contributed by atoms with Crippen LogP contribution in [0.5, 0.6) is 0 Å². The van der Waals surface area contributed by atoms with Crippen molar-refractivity contribution in [1.29, 1.82) is 0 Å². The van der Waals surface area contributed by atoms with Crippen LogP contribution in [0.1, 0.15) is 43.1 Å². The molecule has 0 N–H and O–H groups in total. The lowest BCUT2D eigenvalue weighted by Gasteiger charge is -2.28. The summed E-state index contributed by atoms with van der Waals surface area (Å²) in [6, 6.07) is 11.3. The molecule has 0 saturated carbocycles. The fourth-order valence-corrected chi connectivity index (χ4v) is 5.47. The number of hydrogen-bond donors (Lipinski definition) is 0. The van der Waals surface area contributed by atoms with E-state index in [4.69, 9.17) is 4.99 Å². The van der Waals surface area contributed by atoms with Crippen molar-refractivity contribution in [3.63, 3.8) is 0 Å². The third-order valence-corrected chi connectivity index (χ3v) is 6.76. The van der Waals surface area contributed by atoms with Gasteiger partial charge in [-0.05, 0) is 37.1 Å². The second-order valence-electron chi connectivity index (χ2n) is 7.54. The number of aliphatic imine (C=N–C) groups is 1. The molecule has 3 aliphatic rings. The monoisotopic (exact) mass is 382 g/mol. The van der Waals surface area contributed by atoms with Crippen LogP contribution in [0.25, 0.3) is 0 Å². The molecule has 4 heterocycles. The van der Waals surface area contributed by atoms with Crippen LogP contribution < -0.4 is 4.90 Å². The fraction of sp³-hybridized carbons (Fsp3) is 0.429. The summed E-state index contributed by atoms with van der Waals surface area (Å²) in [7, 11) is 0. The molecule has 0 amide bonds. The largest absolute Gasteiger partial charge is 0.371 e. The average Bonchev–Trinajstić information content (AvgIpc) is 3.39. The Labute approximate surface area is 163 Å². The number of anilines is 1. The Morgan fingerprint density at radius 2 is 2.00 bits per heavy atom. The van der Waals surface area contributed by atoms with Crippen LogP contribution in [-0.2, 0) is 0 Å². The predicted molar refractivity (Wildman–Crippen MR) is 109 cm³/mol. The lowest BCUT2D eigenvalue weighted by Crippen LogP contribution is -2.29. The van der Waals surface area contributed by atoms with E-state index in [1.807, 2.05) is 24.3 Å². The number of pyridine rings is 1. The second kappa shape index (κ2) is 6.82. The van der Waals surface area contributed by atoms with Gasteiger partial charge in [-0.1, -0.05) is 30.8 Å². The van der Waals surface area contributed by atoms with Crippen molar-refractivity contribution in [2.24, 2.45) is 4.99 Å². The van der Waals surface area contributed by atoms with Crippen molar-refractivity contribution in [3.05, 3.63) is 59.7 Å². The molecular formula is C21H23FN4S. The van der Waals surface area contributed by atoms with Gasteiger partial charge in [-0.2, -0.15) is 0 Å². The summed E-state index contributed by atoms with van der Waals surface area (Å²) in [6.45, 7) is 5.13. The predicted octanol–water partition coefficient (Wildman–Crippen LogP) is 4.41. The fourth-order valence-electron chi connectivity index (χ4n) is 4.38. The van der Waals surface area contributed by atoms with Gasteiger partial charge in [-0.25, -0.2) is 4.39 Å². The number of rotatable bonds is 3. The first kappa shape index (κ1) is 17.0. The van der Waals surface area contributed by atoms with Crippen LogP contribution in [0, 0.1) is 5.82 Å². The molecule has 0 radical (unpaired) electrons. The lowest BCUT2D eigenvalue weighted by molar-refractivity contribution is 0.313. The zero-order chi connectivity index (χ0) is 18.4. The van der Waals surface area contributed by atoms with E-state index < -0.39 is 0 Å². The van der Waals surface area contributed by atoms with Gasteiger partial charge in [0.15, 0.2) is 5.17 Å². The highest BCUT2D eigenvalue weighted by molar-refractivity contribution is 8.14. The summed E-state index contributed by atoms with van der Waals surface area (Å²) >= 11 is 1.78. The molecular weight excluding hydrogens is 359 g/mol. The highest BCUT2D eigenvalue weighted by atomic mass is 32.2. The minimum absolute atomic E-state index is 0.125. The number of benzene rings is 1. The van der Waals surface area contributed by atoms with Gasteiger partial charge in [-0.3, -0.25) is 9.98 Å². The molecule has 0 spiro atoms. The van der Waals surface area contributed by atoms with E-state index in [2.05, 4.69) is 27.8 Å². The van der Waals surface area contributed by atoms with Gasteiger partial charge >= 0.3 is 0 Å². The molecule has 4 nitrogen and oxygen atoms in total. The van der Waals surface area contributed by atoms with Crippen LogP contribution in [0.15, 0.2) is 47.6 Å². The van der Waals surface area contributed by atoms with Crippen molar-refractivity contribution in [2.75, 3.05) is 24.5 Å². The third kappa shape index (κ3) is 3.00. The summed E-state index contributed by atoms with van der Waals surface area (Å²) < 4.78 is 15.3. The Bertz CT molecular complexity index is 866. The maximum Gasteiger partial charge on any atom is 0.160 e. The van der Waals surface area contributed by atoms with Crippen molar-refractivity contribution < 1.29 is 4.39 Å². The third-order valence-electron chi connectivity index (χ3n) is 5.66. The quantitative estimate of drug-likeness (QED) is 0.787. The summed E-state index contributed by atoms with van der Waals surface area (Å²) in [5.74, 6) is -0.133. The summed E-state index contributed by atoms with van der Waals surface area (Å²) in [5, 5.41) is 1.49. The molecule has 1 aromatic carbocycles. The average molecular weight is 383 g/mol. The number of amidine groups is 1. The van der Waals surface area contributed by atoms with E-state index in [1.165, 1.54) is 12.8 Å². The Morgan fingerprint density at radius 1 is 1.15 bits per heavy atom. The van der Waals surface area contributed by atoms with Gasteiger partial charge in [0.2, 0.25) is 0 Å². The first-order valence-electron chi connectivity index (χ1n) is 9.67. The molecule has 5 rings (SSSR count). The SMILES string of the molecule is C[C@@H]1CN2C(=N[C@H](c3ccccn3)[C@H]2c2ccc(N3CCCC3)cc2F)S1. The van der Waals surface area contributed by atoms with Gasteiger partial charge < -0.3 is 9.80 Å². The van der Waals surface area contributed by atoms with Gasteiger partial charge in [0, 0.05) is 42.3 Å². The molecule has 0 aliphatic carbocycles. The molecule has 3 aliphatic heterocycles. The van der Waals surface area contributed by atoms with Crippen molar-refractivity contribution in [3.8, 4) is 0 Å². The first-order valence-corrected chi connectivity index (χ1v) is 10.5. The molecule has 0 bridgehead atoms. The van der Waals surface area contributed by atoms with E-state index in [-0.39, 0.29) is 17.9 Å². The normalized spacial score (nSPS) is 27.2. The van der Waals surface area contributed by atoms with Crippen molar-refractivity contribution in [2.45, 2.75) is 37.1 Å². The molecule has 2 saturated heterocycles. The Morgan fingerprint density at radius 3 is 2.74 bits per heavy atom. The lowest BCUT2D eigenvalue weighted by atomic mass is 9.95. The molecule has 2 fully saturated rings. The highest BCUT2D eigenvalue weighted by Gasteiger charge is 2.44. The van der Waals surface area contributed by atoms with Crippen molar-refractivity contribution in [1.82, 2.24) is 9.88 Å².